The molecule has 0 atom stereocenters. The van der Waals surface area contributed by atoms with Gasteiger partial charge in [0.1, 0.15) is 5.82 Å². The summed E-state index contributed by atoms with van der Waals surface area (Å²) in [6.07, 6.45) is 2.50. The number of nitrogens with one attached hydrogen (secondary N) is 1. The fourth-order valence-corrected chi connectivity index (χ4v) is 2.06. The molecule has 16 heavy (non-hydrogen) atoms. The van der Waals surface area contributed by atoms with Crippen LogP contribution in [0.15, 0.2) is 27.9 Å². The monoisotopic (exact) mass is 282 g/mol. The zero-order valence-electron chi connectivity index (χ0n) is 7.74. The van der Waals surface area contributed by atoms with Crippen LogP contribution in [0.2, 0.25) is 0 Å². The van der Waals surface area contributed by atoms with Crippen LogP contribution in [0.5, 0.6) is 0 Å². The predicted molar refractivity (Wildman–Crippen MR) is 58.8 cm³/mol. The summed E-state index contributed by atoms with van der Waals surface area (Å²) in [5.74, 6) is -0.430. The lowest BCUT2D eigenvalue weighted by atomic mass is 10.4. The molecule has 0 aliphatic heterocycles. The zero-order valence-corrected chi connectivity index (χ0v) is 9.32. The molecule has 0 fully saturated rings. The summed E-state index contributed by atoms with van der Waals surface area (Å²) >= 11 is 3.19. The van der Waals surface area contributed by atoms with Crippen LogP contribution in [0.4, 0.5) is 4.39 Å². The Morgan fingerprint density at radius 3 is 3.06 bits per heavy atom. The second-order valence-electron chi connectivity index (χ2n) is 3.22. The van der Waals surface area contributed by atoms with Gasteiger partial charge >= 0.3 is 0 Å². The third-order valence-corrected chi connectivity index (χ3v) is 2.80. The molecule has 5 nitrogen and oxygen atoms in total. The molecule has 0 saturated carbocycles. The van der Waals surface area contributed by atoms with Gasteiger partial charge in [0.2, 0.25) is 0 Å². The smallest absolute Gasteiger partial charge is 0.278 e. The van der Waals surface area contributed by atoms with Gasteiger partial charge in [-0.25, -0.2) is 14.4 Å². The van der Waals surface area contributed by atoms with E-state index in [2.05, 4.69) is 30.9 Å². The van der Waals surface area contributed by atoms with E-state index in [9.17, 15) is 9.18 Å². The van der Waals surface area contributed by atoms with E-state index in [-0.39, 0.29) is 11.1 Å². The van der Waals surface area contributed by atoms with Gasteiger partial charge in [-0.05, 0) is 22.0 Å². The summed E-state index contributed by atoms with van der Waals surface area (Å²) in [7, 11) is 0. The second kappa shape index (κ2) is 3.11. The molecule has 0 aliphatic rings. The topological polar surface area (TPSA) is 63.0 Å². The minimum absolute atomic E-state index is 0.189. The molecule has 3 rings (SSSR count). The van der Waals surface area contributed by atoms with Crippen LogP contribution >= 0.6 is 15.9 Å². The molecule has 0 bridgehead atoms. The molecule has 7 heteroatoms. The summed E-state index contributed by atoms with van der Waals surface area (Å²) in [5.41, 5.74) is 0.634. The van der Waals surface area contributed by atoms with Gasteiger partial charge in [-0.15, -0.1) is 0 Å². The van der Waals surface area contributed by atoms with E-state index in [1.807, 2.05) is 0 Å². The Bertz CT molecular complexity index is 763. The average Bonchev–Trinajstić information content (AvgIpc) is 2.59. The molecular formula is C9H4BrFN4O. The first kappa shape index (κ1) is 9.46. The van der Waals surface area contributed by atoms with E-state index in [1.54, 1.807) is 0 Å². The summed E-state index contributed by atoms with van der Waals surface area (Å²) in [6.45, 7) is 0. The number of H-pyrrole nitrogens is 1. The Morgan fingerprint density at radius 1 is 1.44 bits per heavy atom. The fourth-order valence-electron chi connectivity index (χ4n) is 1.56. The maximum atomic E-state index is 13.2. The Kier molecular flexibility index (Phi) is 1.84. The van der Waals surface area contributed by atoms with Crippen LogP contribution in [0, 0.1) is 5.82 Å². The lowest BCUT2D eigenvalue weighted by molar-refractivity contribution is 0.619. The van der Waals surface area contributed by atoms with Crippen molar-refractivity contribution in [2.75, 3.05) is 0 Å². The Balaban J connectivity index is 2.66. The van der Waals surface area contributed by atoms with Crippen molar-refractivity contribution in [3.8, 4) is 0 Å². The van der Waals surface area contributed by atoms with Gasteiger partial charge in [-0.1, -0.05) is 0 Å². The molecule has 0 saturated heterocycles. The minimum Gasteiger partial charge on any atom is -0.311 e. The normalized spacial score (nSPS) is 11.4. The molecule has 0 unspecified atom stereocenters. The van der Waals surface area contributed by atoms with Crippen molar-refractivity contribution in [2.24, 2.45) is 0 Å². The van der Waals surface area contributed by atoms with Crippen molar-refractivity contribution >= 4 is 32.7 Å². The number of nitrogens with zero attached hydrogens (tertiary/aromatic N) is 3. The highest BCUT2D eigenvalue weighted by Gasteiger charge is 2.12. The average molecular weight is 283 g/mol. The quantitative estimate of drug-likeness (QED) is 0.679. The van der Waals surface area contributed by atoms with Crippen molar-refractivity contribution in [3.05, 3.63) is 39.2 Å². The number of hydrogen-bond acceptors (Lipinski definition) is 3. The van der Waals surface area contributed by atoms with Crippen molar-refractivity contribution in [1.82, 2.24) is 19.4 Å². The van der Waals surface area contributed by atoms with Gasteiger partial charge < -0.3 is 4.98 Å². The summed E-state index contributed by atoms with van der Waals surface area (Å²) in [4.78, 5) is 22.0. The van der Waals surface area contributed by atoms with Crippen molar-refractivity contribution in [2.45, 2.75) is 0 Å². The van der Waals surface area contributed by atoms with Crippen molar-refractivity contribution in [1.29, 1.82) is 0 Å². The Labute approximate surface area is 96.1 Å². The van der Waals surface area contributed by atoms with Crippen molar-refractivity contribution in [3.63, 3.8) is 0 Å². The fraction of sp³-hybridized carbons (Fsp3) is 0. The Hall–Kier alpha value is -1.76. The first-order valence-corrected chi connectivity index (χ1v) is 5.16. The molecular weight excluding hydrogens is 279 g/mol. The number of aromatic amines is 1. The number of imidazole rings is 1. The third kappa shape index (κ3) is 1.18. The zero-order chi connectivity index (χ0) is 11.3. The highest BCUT2D eigenvalue weighted by atomic mass is 79.9. The Morgan fingerprint density at radius 2 is 2.25 bits per heavy atom. The van der Waals surface area contributed by atoms with Gasteiger partial charge in [0.15, 0.2) is 16.8 Å². The number of hydrogen-bond donors (Lipinski definition) is 1. The minimum atomic E-state index is -0.430. The third-order valence-electron chi connectivity index (χ3n) is 2.21. The van der Waals surface area contributed by atoms with Crippen LogP contribution in [0.3, 0.4) is 0 Å². The van der Waals surface area contributed by atoms with E-state index >= 15 is 0 Å². The molecule has 0 amide bonds. The lowest BCUT2D eigenvalue weighted by Crippen LogP contribution is -2.06. The lowest BCUT2D eigenvalue weighted by Gasteiger charge is -1.96. The maximum absolute atomic E-state index is 13.2. The molecule has 0 spiro atoms. The van der Waals surface area contributed by atoms with Crippen LogP contribution in [-0.4, -0.2) is 19.4 Å². The van der Waals surface area contributed by atoms with Crippen LogP contribution in [0.1, 0.15) is 0 Å². The molecule has 3 aromatic heterocycles. The molecule has 0 aliphatic carbocycles. The summed E-state index contributed by atoms with van der Waals surface area (Å²) < 4.78 is 15.1. The van der Waals surface area contributed by atoms with Crippen LogP contribution in [0.25, 0.3) is 16.8 Å². The standard InChI is InChI=1S/C9H4BrFN4O/c10-5-1-4(11)2-15-7(5)14-6-8(15)12-3-13-9(6)16/h1-3H,(H,12,13,16). The first-order chi connectivity index (χ1) is 7.66. The number of fused-ring (bicyclic) bond motifs is 3. The van der Waals surface area contributed by atoms with Gasteiger partial charge in [0, 0.05) is 6.20 Å². The van der Waals surface area contributed by atoms with E-state index in [0.717, 1.165) is 0 Å². The highest BCUT2D eigenvalue weighted by Crippen LogP contribution is 2.21. The van der Waals surface area contributed by atoms with Gasteiger partial charge in [-0.2, -0.15) is 0 Å². The predicted octanol–water partition coefficient (Wildman–Crippen LogP) is 1.47. The SMILES string of the molecule is O=c1[nH]cnc2c1nc1c(Br)cc(F)cn12. The van der Waals surface area contributed by atoms with Gasteiger partial charge in [-0.3, -0.25) is 9.20 Å². The number of rotatable bonds is 0. The number of halogens is 2. The largest absolute Gasteiger partial charge is 0.311 e. The highest BCUT2D eigenvalue weighted by molar-refractivity contribution is 9.10. The van der Waals surface area contributed by atoms with Crippen molar-refractivity contribution < 1.29 is 4.39 Å². The van der Waals surface area contributed by atoms with E-state index in [1.165, 1.54) is 23.0 Å². The number of aromatic nitrogens is 4. The number of pyridine rings is 1. The molecule has 1 N–H and O–H groups in total. The molecule has 3 aromatic rings. The molecule has 0 radical (unpaired) electrons. The summed E-state index contributed by atoms with van der Waals surface area (Å²) in [6, 6.07) is 1.29. The summed E-state index contributed by atoms with van der Waals surface area (Å²) in [5, 5.41) is 0. The molecule has 3 heterocycles. The van der Waals surface area contributed by atoms with Crippen LogP contribution in [-0.2, 0) is 0 Å². The van der Waals surface area contributed by atoms with Gasteiger partial charge in [0.05, 0.1) is 10.8 Å². The van der Waals surface area contributed by atoms with Crippen LogP contribution < -0.4 is 5.56 Å². The van der Waals surface area contributed by atoms with E-state index in [4.69, 9.17) is 0 Å². The second-order valence-corrected chi connectivity index (χ2v) is 4.07. The molecule has 80 valence electrons. The van der Waals surface area contributed by atoms with Gasteiger partial charge in [0.25, 0.3) is 5.56 Å². The maximum Gasteiger partial charge on any atom is 0.278 e. The molecule has 0 aromatic carbocycles. The van der Waals surface area contributed by atoms with E-state index in [0.29, 0.717) is 15.8 Å². The first-order valence-electron chi connectivity index (χ1n) is 4.37. The van der Waals surface area contributed by atoms with E-state index < -0.39 is 5.82 Å².